The fourth-order valence-electron chi connectivity index (χ4n) is 0.987. The van der Waals surface area contributed by atoms with Crippen molar-refractivity contribution in [2.24, 2.45) is 0 Å². The zero-order chi connectivity index (χ0) is 7.68. The summed E-state index contributed by atoms with van der Waals surface area (Å²) in [7, 11) is 0. The summed E-state index contributed by atoms with van der Waals surface area (Å²) in [5.41, 5.74) is 2.69. The Bertz CT molecular complexity index is 380. The van der Waals surface area contributed by atoms with Crippen LogP contribution in [0.5, 0.6) is 0 Å². The lowest BCUT2D eigenvalue weighted by Crippen LogP contribution is -1.93. The van der Waals surface area contributed by atoms with E-state index in [2.05, 4.69) is 20.6 Å². The Labute approximate surface area is 63.3 Å². The first-order valence-corrected chi connectivity index (χ1v) is 3.29. The molecule has 1 aromatic heterocycles. The summed E-state index contributed by atoms with van der Waals surface area (Å²) in [4.78, 5) is 0. The summed E-state index contributed by atoms with van der Waals surface area (Å²) in [6.45, 7) is 1.97. The summed E-state index contributed by atoms with van der Waals surface area (Å²) in [6.07, 6.45) is 0. The molecule has 4 nitrogen and oxygen atoms in total. The van der Waals surface area contributed by atoms with E-state index in [-0.39, 0.29) is 0 Å². The number of hydrogen-bond donors (Lipinski definition) is 0. The summed E-state index contributed by atoms with van der Waals surface area (Å²) >= 11 is 0. The van der Waals surface area contributed by atoms with Crippen molar-refractivity contribution in [3.63, 3.8) is 0 Å². The van der Waals surface area contributed by atoms with Crippen molar-refractivity contribution >= 4 is 11.0 Å². The van der Waals surface area contributed by atoms with E-state index in [1.165, 1.54) is 0 Å². The minimum Gasteiger partial charge on any atom is -0.127 e. The molecule has 0 aliphatic rings. The zero-order valence-electron chi connectivity index (χ0n) is 6.02. The number of hydrogen-bond acceptors (Lipinski definition) is 4. The van der Waals surface area contributed by atoms with Crippen LogP contribution in [0, 0.1) is 6.92 Å². The first kappa shape index (κ1) is 6.15. The van der Waals surface area contributed by atoms with E-state index in [0.29, 0.717) is 0 Å². The molecule has 0 radical (unpaired) electrons. The van der Waals surface area contributed by atoms with Crippen LogP contribution in [0.15, 0.2) is 18.2 Å². The molecule has 11 heavy (non-hydrogen) atoms. The maximum Gasteiger partial charge on any atom is 0.118 e. The Hall–Kier alpha value is -1.58. The van der Waals surface area contributed by atoms with Crippen molar-refractivity contribution < 1.29 is 0 Å². The molecule has 2 rings (SSSR count). The van der Waals surface area contributed by atoms with Crippen molar-refractivity contribution in [2.75, 3.05) is 0 Å². The average molecular weight is 146 g/mol. The van der Waals surface area contributed by atoms with E-state index in [4.69, 9.17) is 0 Å². The van der Waals surface area contributed by atoms with Crippen molar-refractivity contribution in [3.05, 3.63) is 23.8 Å². The van der Waals surface area contributed by atoms with Crippen LogP contribution < -0.4 is 0 Å². The van der Waals surface area contributed by atoms with E-state index in [9.17, 15) is 0 Å². The molecule has 0 atom stereocenters. The lowest BCUT2D eigenvalue weighted by Gasteiger charge is -1.94. The van der Waals surface area contributed by atoms with Gasteiger partial charge in [0.2, 0.25) is 0 Å². The predicted octanol–water partition coefficient (Wildman–Crippen LogP) is 0.728. The van der Waals surface area contributed by atoms with Gasteiger partial charge < -0.3 is 0 Å². The first-order valence-electron chi connectivity index (χ1n) is 3.29. The second-order valence-corrected chi connectivity index (χ2v) is 2.32. The standard InChI is InChI=1S/C7H6N4/c1-5-3-2-4-6-7(5)9-11-10-8-6/h2-4H,1H3. The van der Waals surface area contributed by atoms with Gasteiger partial charge in [0, 0.05) is 0 Å². The second-order valence-electron chi connectivity index (χ2n) is 2.32. The monoisotopic (exact) mass is 146 g/mol. The molecule has 0 amide bonds. The maximum absolute atomic E-state index is 3.86. The fourth-order valence-corrected chi connectivity index (χ4v) is 0.987. The Morgan fingerprint density at radius 3 is 2.73 bits per heavy atom. The highest BCUT2D eigenvalue weighted by Gasteiger charge is 1.97. The fraction of sp³-hybridized carbons (Fsp3) is 0.143. The lowest BCUT2D eigenvalue weighted by molar-refractivity contribution is 0.795. The molecule has 0 fully saturated rings. The van der Waals surface area contributed by atoms with Crippen LogP contribution in [-0.2, 0) is 0 Å². The number of nitrogens with zero attached hydrogens (tertiary/aromatic N) is 4. The Kier molecular flexibility index (Phi) is 1.25. The molecule has 54 valence electrons. The first-order chi connectivity index (χ1) is 5.38. The van der Waals surface area contributed by atoms with Gasteiger partial charge in [-0.15, -0.1) is 10.2 Å². The van der Waals surface area contributed by atoms with E-state index in [1.807, 2.05) is 25.1 Å². The summed E-state index contributed by atoms with van der Waals surface area (Å²) in [6, 6.07) is 5.76. The zero-order valence-corrected chi connectivity index (χ0v) is 6.02. The van der Waals surface area contributed by atoms with Gasteiger partial charge in [0.15, 0.2) is 0 Å². The van der Waals surface area contributed by atoms with Gasteiger partial charge in [0.25, 0.3) is 0 Å². The number of rotatable bonds is 0. The maximum atomic E-state index is 3.86. The van der Waals surface area contributed by atoms with Crippen LogP contribution in [0.3, 0.4) is 0 Å². The smallest absolute Gasteiger partial charge is 0.118 e. The topological polar surface area (TPSA) is 51.6 Å². The summed E-state index contributed by atoms with van der Waals surface area (Å²) in [5, 5.41) is 14.6. The van der Waals surface area contributed by atoms with Gasteiger partial charge in [-0.3, -0.25) is 0 Å². The minimum atomic E-state index is 0.792. The van der Waals surface area contributed by atoms with Gasteiger partial charge in [0.1, 0.15) is 11.0 Å². The van der Waals surface area contributed by atoms with E-state index in [1.54, 1.807) is 0 Å². The average Bonchev–Trinajstić information content (AvgIpc) is 2.06. The van der Waals surface area contributed by atoms with E-state index >= 15 is 0 Å². The van der Waals surface area contributed by atoms with E-state index < -0.39 is 0 Å². The number of aromatic nitrogens is 4. The van der Waals surface area contributed by atoms with Crippen LogP contribution in [0.4, 0.5) is 0 Å². The normalized spacial score (nSPS) is 10.3. The van der Waals surface area contributed by atoms with Crippen molar-refractivity contribution in [2.45, 2.75) is 6.92 Å². The molecule has 0 N–H and O–H groups in total. The van der Waals surface area contributed by atoms with Crippen molar-refractivity contribution in [3.8, 4) is 0 Å². The largest absolute Gasteiger partial charge is 0.127 e. The van der Waals surface area contributed by atoms with Gasteiger partial charge in [-0.1, -0.05) is 12.1 Å². The third-order valence-electron chi connectivity index (χ3n) is 1.55. The Morgan fingerprint density at radius 2 is 1.91 bits per heavy atom. The van der Waals surface area contributed by atoms with Crippen LogP contribution in [-0.4, -0.2) is 20.6 Å². The number of benzene rings is 1. The van der Waals surface area contributed by atoms with Crippen LogP contribution in [0.2, 0.25) is 0 Å². The molecule has 1 heterocycles. The van der Waals surface area contributed by atoms with E-state index in [0.717, 1.165) is 16.6 Å². The number of aryl methyl sites for hydroxylation is 1. The highest BCUT2D eigenvalue weighted by molar-refractivity contribution is 5.76. The molecule has 2 aromatic rings. The molecule has 1 aromatic carbocycles. The molecule has 0 bridgehead atoms. The lowest BCUT2D eigenvalue weighted by atomic mass is 10.2. The van der Waals surface area contributed by atoms with Gasteiger partial charge in [-0.25, -0.2) is 0 Å². The Morgan fingerprint density at radius 1 is 1.09 bits per heavy atom. The predicted molar refractivity (Wildman–Crippen MR) is 39.9 cm³/mol. The molecular formula is C7H6N4. The third kappa shape index (κ3) is 0.920. The molecule has 0 unspecified atom stereocenters. The molecule has 0 saturated carbocycles. The van der Waals surface area contributed by atoms with Gasteiger partial charge in [0.05, 0.1) is 0 Å². The third-order valence-corrected chi connectivity index (χ3v) is 1.55. The van der Waals surface area contributed by atoms with Gasteiger partial charge in [-0.05, 0) is 29.0 Å². The molecular weight excluding hydrogens is 140 g/mol. The molecule has 0 spiro atoms. The van der Waals surface area contributed by atoms with Gasteiger partial charge in [-0.2, -0.15) is 0 Å². The molecule has 4 heteroatoms. The van der Waals surface area contributed by atoms with Gasteiger partial charge >= 0.3 is 0 Å². The molecule has 0 aliphatic carbocycles. The Balaban J connectivity index is 2.91. The van der Waals surface area contributed by atoms with Crippen LogP contribution >= 0.6 is 0 Å². The van der Waals surface area contributed by atoms with Crippen molar-refractivity contribution in [1.82, 2.24) is 20.6 Å². The summed E-state index contributed by atoms with van der Waals surface area (Å²) in [5.74, 6) is 0. The SMILES string of the molecule is Cc1cccc2nnnnc12. The highest BCUT2D eigenvalue weighted by atomic mass is 15.4. The second kappa shape index (κ2) is 2.23. The number of fused-ring (bicyclic) bond motifs is 1. The quantitative estimate of drug-likeness (QED) is 0.549. The van der Waals surface area contributed by atoms with Crippen molar-refractivity contribution in [1.29, 1.82) is 0 Å². The molecule has 0 aliphatic heterocycles. The highest BCUT2D eigenvalue weighted by Crippen LogP contribution is 2.09. The summed E-state index contributed by atoms with van der Waals surface area (Å²) < 4.78 is 0. The minimum absolute atomic E-state index is 0.792. The van der Waals surface area contributed by atoms with Crippen LogP contribution in [0.25, 0.3) is 11.0 Å². The van der Waals surface area contributed by atoms with Crippen LogP contribution in [0.1, 0.15) is 5.56 Å². The molecule has 0 saturated heterocycles.